The maximum atomic E-state index is 9.38. The Morgan fingerprint density at radius 3 is 2.15 bits per heavy atom. The molecule has 0 amide bonds. The number of hydrogen-bond acceptors (Lipinski definition) is 3. The van der Waals surface area contributed by atoms with Gasteiger partial charge in [-0.3, -0.25) is 0 Å². The van der Waals surface area contributed by atoms with Crippen molar-refractivity contribution in [1.82, 2.24) is 0 Å². The Morgan fingerprint density at radius 2 is 2.00 bits per heavy atom. The smallest absolute Gasteiger partial charge is 0.0841 e. The lowest BCUT2D eigenvalue weighted by atomic mass is 10.4. The normalized spacial score (nSPS) is 11.3. The van der Waals surface area contributed by atoms with Crippen LogP contribution in [0.1, 0.15) is 6.92 Å². The van der Waals surface area contributed by atoms with E-state index in [1.165, 1.54) is 0 Å². The third-order valence-corrected chi connectivity index (χ3v) is 1.63. The zero-order valence-electron chi connectivity index (χ0n) is 7.10. The van der Waals surface area contributed by atoms with E-state index in [-0.39, 0.29) is 6.61 Å². The zero-order valence-corrected chi connectivity index (χ0v) is 8.68. The van der Waals surface area contributed by atoms with Crippen molar-refractivity contribution in [3.8, 4) is 0 Å². The molecule has 0 radical (unpaired) electrons. The van der Waals surface area contributed by atoms with Gasteiger partial charge in [0.15, 0.2) is 0 Å². The van der Waals surface area contributed by atoms with Crippen LogP contribution in [0.5, 0.6) is 0 Å². The lowest BCUT2D eigenvalue weighted by Gasteiger charge is -1.98. The summed E-state index contributed by atoms with van der Waals surface area (Å²) in [6.07, 6.45) is 0. The SMILES string of the molecule is CCOS(=O)[O-].Clc1ccccc1. The van der Waals surface area contributed by atoms with Crippen molar-refractivity contribution in [3.63, 3.8) is 0 Å². The van der Waals surface area contributed by atoms with Crippen LogP contribution in [0, 0.1) is 0 Å². The molecule has 74 valence electrons. The van der Waals surface area contributed by atoms with Crippen LogP contribution in [0.25, 0.3) is 0 Å². The van der Waals surface area contributed by atoms with E-state index >= 15 is 0 Å². The topological polar surface area (TPSA) is 49.4 Å². The van der Waals surface area contributed by atoms with Crippen LogP contribution < -0.4 is 0 Å². The second-order valence-electron chi connectivity index (χ2n) is 1.91. The lowest BCUT2D eigenvalue weighted by Crippen LogP contribution is -1.92. The van der Waals surface area contributed by atoms with E-state index in [4.69, 9.17) is 11.6 Å². The van der Waals surface area contributed by atoms with Crippen molar-refractivity contribution in [3.05, 3.63) is 35.4 Å². The summed E-state index contributed by atoms with van der Waals surface area (Å²) in [5, 5.41) is 0.794. The Labute approximate surface area is 85.2 Å². The van der Waals surface area contributed by atoms with Gasteiger partial charge in [0.2, 0.25) is 0 Å². The molecule has 1 aromatic carbocycles. The van der Waals surface area contributed by atoms with Crippen LogP contribution in [-0.4, -0.2) is 15.4 Å². The first-order valence-electron chi connectivity index (χ1n) is 3.60. The minimum Gasteiger partial charge on any atom is -0.750 e. The molecule has 0 aliphatic rings. The molecule has 0 heterocycles. The first kappa shape index (κ1) is 12.6. The fourth-order valence-corrected chi connectivity index (χ4v) is 0.849. The van der Waals surface area contributed by atoms with E-state index in [1.807, 2.05) is 30.3 Å². The molecule has 0 saturated heterocycles. The van der Waals surface area contributed by atoms with E-state index in [9.17, 15) is 8.76 Å². The fourth-order valence-electron chi connectivity index (χ4n) is 0.511. The molecule has 0 spiro atoms. The van der Waals surface area contributed by atoms with Gasteiger partial charge in [0.05, 0.1) is 18.0 Å². The van der Waals surface area contributed by atoms with Crippen molar-refractivity contribution >= 4 is 23.0 Å². The van der Waals surface area contributed by atoms with Crippen LogP contribution in [0.15, 0.2) is 30.3 Å². The molecule has 5 heteroatoms. The predicted molar refractivity (Wildman–Crippen MR) is 52.0 cm³/mol. The highest BCUT2D eigenvalue weighted by molar-refractivity contribution is 7.74. The lowest BCUT2D eigenvalue weighted by molar-refractivity contribution is 0.318. The highest BCUT2D eigenvalue weighted by Crippen LogP contribution is 2.03. The van der Waals surface area contributed by atoms with Gasteiger partial charge < -0.3 is 8.74 Å². The molecule has 3 nitrogen and oxygen atoms in total. The summed E-state index contributed by atoms with van der Waals surface area (Å²) >= 11 is 3.22. The predicted octanol–water partition coefficient (Wildman–Crippen LogP) is 2.16. The van der Waals surface area contributed by atoms with Gasteiger partial charge in [0, 0.05) is 5.02 Å². The Bertz CT molecular complexity index is 240. The maximum Gasteiger partial charge on any atom is 0.0841 e. The highest BCUT2D eigenvalue weighted by Gasteiger charge is 1.75. The second-order valence-corrected chi connectivity index (χ2v) is 2.99. The summed E-state index contributed by atoms with van der Waals surface area (Å²) in [5.74, 6) is 0. The number of hydrogen-bond donors (Lipinski definition) is 0. The quantitative estimate of drug-likeness (QED) is 0.719. The Hall–Kier alpha value is -0.420. The van der Waals surface area contributed by atoms with E-state index in [1.54, 1.807) is 6.92 Å². The summed E-state index contributed by atoms with van der Waals surface area (Å²) < 4.78 is 22.7. The first-order chi connectivity index (χ1) is 6.16. The standard InChI is InChI=1S/C6H5Cl.C2H6O3S/c7-6-4-2-1-3-5-6;1-2-5-6(3)4/h1-5H;2H2,1H3,(H,3,4)/p-1. The van der Waals surface area contributed by atoms with Crippen molar-refractivity contribution in [1.29, 1.82) is 0 Å². The molecule has 0 fully saturated rings. The van der Waals surface area contributed by atoms with E-state index in [0.29, 0.717) is 0 Å². The molecule has 0 N–H and O–H groups in total. The van der Waals surface area contributed by atoms with Crippen LogP contribution >= 0.6 is 11.6 Å². The average Bonchev–Trinajstić information content (AvgIpc) is 2.06. The average molecular weight is 222 g/mol. The molecule has 0 aliphatic heterocycles. The van der Waals surface area contributed by atoms with Crippen molar-refractivity contribution in [2.75, 3.05) is 6.61 Å². The molecule has 1 unspecified atom stereocenters. The molecule has 0 bridgehead atoms. The molecule has 1 rings (SSSR count). The zero-order chi connectivity index (χ0) is 10.1. The van der Waals surface area contributed by atoms with Gasteiger partial charge in [0.25, 0.3) is 0 Å². The fraction of sp³-hybridized carbons (Fsp3) is 0.250. The largest absolute Gasteiger partial charge is 0.750 e. The Morgan fingerprint density at radius 1 is 1.46 bits per heavy atom. The Balaban J connectivity index is 0.000000226. The molecular formula is C8H10ClO3S-. The van der Waals surface area contributed by atoms with E-state index < -0.39 is 11.4 Å². The summed E-state index contributed by atoms with van der Waals surface area (Å²) in [5.41, 5.74) is 0. The molecule has 1 atom stereocenters. The van der Waals surface area contributed by atoms with E-state index in [2.05, 4.69) is 4.18 Å². The van der Waals surface area contributed by atoms with Crippen molar-refractivity contribution in [2.45, 2.75) is 6.92 Å². The van der Waals surface area contributed by atoms with Crippen molar-refractivity contribution < 1.29 is 12.9 Å². The molecule has 1 aromatic rings. The summed E-state index contributed by atoms with van der Waals surface area (Å²) in [6.45, 7) is 1.83. The minimum absolute atomic E-state index is 0.218. The van der Waals surface area contributed by atoms with Gasteiger partial charge in [-0.1, -0.05) is 29.8 Å². The molecule has 0 aromatic heterocycles. The van der Waals surface area contributed by atoms with Crippen LogP contribution in [0.2, 0.25) is 5.02 Å². The van der Waals surface area contributed by atoms with Gasteiger partial charge in [-0.2, -0.15) is 0 Å². The molecule has 0 saturated carbocycles. The van der Waals surface area contributed by atoms with E-state index in [0.717, 1.165) is 5.02 Å². The monoisotopic (exact) mass is 221 g/mol. The Kier molecular flexibility index (Phi) is 7.93. The van der Waals surface area contributed by atoms with Crippen LogP contribution in [0.4, 0.5) is 0 Å². The van der Waals surface area contributed by atoms with Gasteiger partial charge in [0.1, 0.15) is 0 Å². The van der Waals surface area contributed by atoms with Gasteiger partial charge in [-0.15, -0.1) is 0 Å². The van der Waals surface area contributed by atoms with Crippen molar-refractivity contribution in [2.24, 2.45) is 0 Å². The molecule has 13 heavy (non-hydrogen) atoms. The molecule has 0 aliphatic carbocycles. The maximum absolute atomic E-state index is 9.38. The van der Waals surface area contributed by atoms with Gasteiger partial charge in [-0.25, -0.2) is 4.21 Å². The van der Waals surface area contributed by atoms with Gasteiger partial charge in [-0.05, 0) is 19.1 Å². The third-order valence-electron chi connectivity index (χ3n) is 0.947. The highest BCUT2D eigenvalue weighted by atomic mass is 35.5. The number of rotatable bonds is 2. The third kappa shape index (κ3) is 9.49. The number of benzene rings is 1. The summed E-state index contributed by atoms with van der Waals surface area (Å²) in [6, 6.07) is 9.44. The molecular weight excluding hydrogens is 212 g/mol. The van der Waals surface area contributed by atoms with Crippen LogP contribution in [-0.2, 0) is 15.5 Å². The second kappa shape index (κ2) is 8.19. The summed E-state index contributed by atoms with van der Waals surface area (Å²) in [4.78, 5) is 0. The number of halogens is 1. The van der Waals surface area contributed by atoms with Crippen LogP contribution in [0.3, 0.4) is 0 Å². The van der Waals surface area contributed by atoms with Gasteiger partial charge >= 0.3 is 0 Å². The first-order valence-corrected chi connectivity index (χ1v) is 4.97. The summed E-state index contributed by atoms with van der Waals surface area (Å²) in [7, 11) is 0. The minimum atomic E-state index is -2.32.